The van der Waals surface area contributed by atoms with Crippen molar-refractivity contribution < 1.29 is 14.0 Å². The molecule has 0 fully saturated rings. The van der Waals surface area contributed by atoms with Crippen molar-refractivity contribution in [1.82, 2.24) is 4.98 Å². The van der Waals surface area contributed by atoms with Crippen LogP contribution in [-0.2, 0) is 0 Å². The Morgan fingerprint density at radius 1 is 1.73 bits per heavy atom. The molecule has 0 spiro atoms. The van der Waals surface area contributed by atoms with Crippen molar-refractivity contribution in [1.29, 1.82) is 5.26 Å². The zero-order valence-electron chi connectivity index (χ0n) is 7.90. The smallest absolute Gasteiger partial charge is 0.200 e. The minimum atomic E-state index is -0.950. The van der Waals surface area contributed by atoms with E-state index in [9.17, 15) is 14.0 Å². The third-order valence-corrected chi connectivity index (χ3v) is 1.82. The van der Waals surface area contributed by atoms with Crippen molar-refractivity contribution >= 4 is 12.1 Å². The summed E-state index contributed by atoms with van der Waals surface area (Å²) in [5, 5.41) is 8.48. The Morgan fingerprint density at radius 2 is 2.40 bits per heavy atom. The molecule has 1 aromatic rings. The fourth-order valence-corrected chi connectivity index (χ4v) is 0.962. The van der Waals surface area contributed by atoms with Crippen LogP contribution in [0.1, 0.15) is 27.8 Å². The highest BCUT2D eigenvalue weighted by Gasteiger charge is 2.19. The largest absolute Gasteiger partial charge is 0.298 e. The molecule has 1 atom stereocenters. The molecule has 1 unspecified atom stereocenters. The molecule has 0 aliphatic carbocycles. The molecule has 0 saturated heterocycles. The number of pyridine rings is 1. The number of nitriles is 1. The predicted octanol–water partition coefficient (Wildman–Crippen LogP) is 1.38. The van der Waals surface area contributed by atoms with Gasteiger partial charge in [0.15, 0.2) is 12.1 Å². The van der Waals surface area contributed by atoms with Crippen molar-refractivity contribution in [3.63, 3.8) is 0 Å². The summed E-state index contributed by atoms with van der Waals surface area (Å²) in [6, 6.07) is 2.61. The van der Waals surface area contributed by atoms with Gasteiger partial charge in [-0.05, 0) is 13.0 Å². The molecular weight excluding hydrogens is 199 g/mol. The lowest BCUT2D eigenvalue weighted by Gasteiger charge is -2.02. The summed E-state index contributed by atoms with van der Waals surface area (Å²) in [6.45, 7) is 1.36. The Balaban J connectivity index is 3.12. The molecule has 1 aromatic heterocycles. The van der Waals surface area contributed by atoms with E-state index in [1.165, 1.54) is 6.92 Å². The number of aldehydes is 1. The molecule has 0 amide bonds. The number of hydrogen-bond donors (Lipinski definition) is 0. The van der Waals surface area contributed by atoms with Crippen LogP contribution in [0.2, 0.25) is 0 Å². The summed E-state index contributed by atoms with van der Waals surface area (Å²) in [4.78, 5) is 25.2. The third kappa shape index (κ3) is 2.23. The van der Waals surface area contributed by atoms with E-state index in [0.29, 0.717) is 6.29 Å². The van der Waals surface area contributed by atoms with E-state index in [0.717, 1.165) is 12.3 Å². The van der Waals surface area contributed by atoms with Crippen molar-refractivity contribution in [3.05, 3.63) is 29.3 Å². The van der Waals surface area contributed by atoms with Crippen LogP contribution in [0, 0.1) is 23.1 Å². The van der Waals surface area contributed by atoms with Crippen LogP contribution in [0.3, 0.4) is 0 Å². The zero-order valence-corrected chi connectivity index (χ0v) is 7.90. The summed E-state index contributed by atoms with van der Waals surface area (Å²) in [6.07, 6.45) is 1.52. The highest BCUT2D eigenvalue weighted by atomic mass is 19.1. The van der Waals surface area contributed by atoms with E-state index in [1.54, 1.807) is 6.07 Å². The Hall–Kier alpha value is -2.09. The molecular formula is C10H7FN2O2. The highest BCUT2D eigenvalue weighted by molar-refractivity contribution is 5.97. The first kappa shape index (κ1) is 11.0. The number of rotatable bonds is 3. The van der Waals surface area contributed by atoms with Gasteiger partial charge in [-0.15, -0.1) is 0 Å². The number of aromatic nitrogens is 1. The summed E-state index contributed by atoms with van der Waals surface area (Å²) >= 11 is 0. The SMILES string of the molecule is CC(C#N)C(=O)c1ncc(C=O)cc1F. The monoisotopic (exact) mass is 206 g/mol. The van der Waals surface area contributed by atoms with Crippen LogP contribution in [0.4, 0.5) is 4.39 Å². The molecule has 15 heavy (non-hydrogen) atoms. The zero-order chi connectivity index (χ0) is 11.4. The van der Waals surface area contributed by atoms with Crippen LogP contribution < -0.4 is 0 Å². The van der Waals surface area contributed by atoms with Crippen LogP contribution >= 0.6 is 0 Å². The van der Waals surface area contributed by atoms with Crippen molar-refractivity contribution in [2.45, 2.75) is 6.92 Å². The van der Waals surface area contributed by atoms with E-state index >= 15 is 0 Å². The van der Waals surface area contributed by atoms with Gasteiger partial charge < -0.3 is 0 Å². The lowest BCUT2D eigenvalue weighted by atomic mass is 10.0. The normalized spacial score (nSPS) is 11.5. The number of hydrogen-bond acceptors (Lipinski definition) is 4. The molecule has 0 N–H and O–H groups in total. The molecule has 76 valence electrons. The lowest BCUT2D eigenvalue weighted by Crippen LogP contribution is -2.13. The van der Waals surface area contributed by atoms with E-state index in [2.05, 4.69) is 4.98 Å². The molecule has 0 saturated carbocycles. The maximum atomic E-state index is 13.2. The van der Waals surface area contributed by atoms with Gasteiger partial charge in [0.1, 0.15) is 11.6 Å². The number of carbonyl (C=O) groups is 2. The predicted molar refractivity (Wildman–Crippen MR) is 48.7 cm³/mol. The highest BCUT2D eigenvalue weighted by Crippen LogP contribution is 2.11. The van der Waals surface area contributed by atoms with Crippen molar-refractivity contribution in [2.24, 2.45) is 5.92 Å². The Morgan fingerprint density at radius 3 is 2.87 bits per heavy atom. The molecule has 4 nitrogen and oxygen atoms in total. The van der Waals surface area contributed by atoms with Gasteiger partial charge in [0.25, 0.3) is 0 Å². The third-order valence-electron chi connectivity index (χ3n) is 1.82. The maximum Gasteiger partial charge on any atom is 0.200 e. The van der Waals surface area contributed by atoms with Crippen molar-refractivity contribution in [3.8, 4) is 6.07 Å². The number of nitrogens with zero attached hydrogens (tertiary/aromatic N) is 2. The number of carbonyl (C=O) groups excluding carboxylic acids is 2. The molecule has 5 heteroatoms. The molecule has 0 radical (unpaired) electrons. The molecule has 1 rings (SSSR count). The van der Waals surface area contributed by atoms with Crippen LogP contribution in [-0.4, -0.2) is 17.1 Å². The fraction of sp³-hybridized carbons (Fsp3) is 0.200. The van der Waals surface area contributed by atoms with Crippen LogP contribution in [0.5, 0.6) is 0 Å². The van der Waals surface area contributed by atoms with Gasteiger partial charge in [-0.2, -0.15) is 5.26 Å². The van der Waals surface area contributed by atoms with Gasteiger partial charge >= 0.3 is 0 Å². The topological polar surface area (TPSA) is 70.8 Å². The van der Waals surface area contributed by atoms with Crippen molar-refractivity contribution in [2.75, 3.05) is 0 Å². The van der Waals surface area contributed by atoms with E-state index in [1.807, 2.05) is 0 Å². The Labute approximate surface area is 85.4 Å². The van der Waals surface area contributed by atoms with Gasteiger partial charge in [-0.3, -0.25) is 9.59 Å². The van der Waals surface area contributed by atoms with Crippen LogP contribution in [0.15, 0.2) is 12.3 Å². The van der Waals surface area contributed by atoms with E-state index in [-0.39, 0.29) is 5.56 Å². The Kier molecular flexibility index (Phi) is 3.24. The van der Waals surface area contributed by atoms with Crippen LogP contribution in [0.25, 0.3) is 0 Å². The van der Waals surface area contributed by atoms with Gasteiger partial charge in [0, 0.05) is 11.8 Å². The average Bonchev–Trinajstić information content (AvgIpc) is 2.26. The summed E-state index contributed by atoms with van der Waals surface area (Å²) in [5.41, 5.74) is -0.358. The molecule has 1 heterocycles. The molecule has 0 aliphatic heterocycles. The maximum absolute atomic E-state index is 13.2. The second-order valence-electron chi connectivity index (χ2n) is 2.93. The first-order valence-corrected chi connectivity index (χ1v) is 4.14. The first-order valence-electron chi connectivity index (χ1n) is 4.14. The number of Topliss-reactive ketones (excluding diaryl/α,β-unsaturated/α-hetero) is 1. The number of halogens is 1. The Bertz CT molecular complexity index is 451. The quantitative estimate of drug-likeness (QED) is 0.553. The second kappa shape index (κ2) is 4.42. The summed E-state index contributed by atoms with van der Waals surface area (Å²) in [7, 11) is 0. The van der Waals surface area contributed by atoms with E-state index in [4.69, 9.17) is 5.26 Å². The molecule has 0 bridgehead atoms. The van der Waals surface area contributed by atoms with Gasteiger partial charge in [0.05, 0.1) is 6.07 Å². The summed E-state index contributed by atoms with van der Waals surface area (Å²) in [5.74, 6) is -2.52. The average molecular weight is 206 g/mol. The van der Waals surface area contributed by atoms with Gasteiger partial charge in [0.2, 0.25) is 5.78 Å². The lowest BCUT2D eigenvalue weighted by molar-refractivity contribution is 0.0946. The number of ketones is 1. The van der Waals surface area contributed by atoms with Gasteiger partial charge in [-0.25, -0.2) is 9.37 Å². The molecule has 0 aromatic carbocycles. The second-order valence-corrected chi connectivity index (χ2v) is 2.93. The first-order chi connectivity index (χ1) is 7.10. The minimum absolute atomic E-state index is 0.0497. The molecule has 0 aliphatic rings. The van der Waals surface area contributed by atoms with Gasteiger partial charge in [-0.1, -0.05) is 0 Å². The summed E-state index contributed by atoms with van der Waals surface area (Å²) < 4.78 is 13.2. The standard InChI is InChI=1S/C10H7FN2O2/c1-6(3-12)10(15)9-8(11)2-7(5-14)4-13-9/h2,4-6H,1H3. The van der Waals surface area contributed by atoms with E-state index < -0.39 is 23.2 Å². The fourth-order valence-electron chi connectivity index (χ4n) is 0.962. The minimum Gasteiger partial charge on any atom is -0.298 e.